The summed E-state index contributed by atoms with van der Waals surface area (Å²) in [6, 6.07) is 4.77. The van der Waals surface area contributed by atoms with Gasteiger partial charge in [-0.1, -0.05) is 47.8 Å². The smallest absolute Gasteiger partial charge is 0.455 e. The van der Waals surface area contributed by atoms with Crippen molar-refractivity contribution in [1.29, 1.82) is 0 Å². The number of benzene rings is 1. The predicted molar refractivity (Wildman–Crippen MR) is 103 cm³/mol. The van der Waals surface area contributed by atoms with Crippen LogP contribution in [0.1, 0.15) is 37.7 Å². The number of esters is 1. The van der Waals surface area contributed by atoms with Gasteiger partial charge in [0.15, 0.2) is 0 Å². The van der Waals surface area contributed by atoms with Crippen LogP contribution in [0.15, 0.2) is 35.7 Å². The maximum absolute atomic E-state index is 14.4. The first-order chi connectivity index (χ1) is 13.4. The van der Waals surface area contributed by atoms with Crippen LogP contribution in [0.25, 0.3) is 6.08 Å². The minimum Gasteiger partial charge on any atom is -0.460 e. The molecule has 1 aromatic carbocycles. The molecule has 162 valence electrons. The summed E-state index contributed by atoms with van der Waals surface area (Å²) >= 11 is 0. The highest BCUT2D eigenvalue weighted by Gasteiger charge is 2.59. The zero-order chi connectivity index (χ0) is 21.9. The molecule has 0 N–H and O–H groups in total. The Balaban J connectivity index is 2.20. The summed E-state index contributed by atoms with van der Waals surface area (Å²) < 4.78 is 82.3. The number of halogens is 2. The second kappa shape index (κ2) is 8.88. The second-order valence-electron chi connectivity index (χ2n) is 6.78. The normalized spacial score (nSPS) is 16.6. The number of nitrogens with zero attached hydrogens (tertiary/aromatic N) is 1. The molecule has 0 unspecified atom stereocenters. The molecule has 1 aromatic rings. The minimum atomic E-state index is -5.89. The molecule has 1 fully saturated rings. The van der Waals surface area contributed by atoms with Crippen molar-refractivity contribution in [2.24, 2.45) is 5.92 Å². The van der Waals surface area contributed by atoms with Gasteiger partial charge in [-0.2, -0.15) is 8.78 Å². The lowest BCUT2D eigenvalue weighted by molar-refractivity contribution is -0.162. The van der Waals surface area contributed by atoms with Gasteiger partial charge in [0.2, 0.25) is 0 Å². The Bertz CT molecular complexity index is 953. The molecule has 0 aromatic heterocycles. The van der Waals surface area contributed by atoms with Gasteiger partial charge in [-0.05, 0) is 36.5 Å². The largest absolute Gasteiger partial charge is 0.460 e. The van der Waals surface area contributed by atoms with Gasteiger partial charge < -0.3 is 4.74 Å². The molecular formula is C18H23F2NO6S2. The van der Waals surface area contributed by atoms with E-state index in [0.717, 1.165) is 31.4 Å². The molecule has 29 heavy (non-hydrogen) atoms. The second-order valence-corrected chi connectivity index (χ2v) is 11.0. The Morgan fingerprint density at radius 2 is 1.72 bits per heavy atom. The van der Waals surface area contributed by atoms with Gasteiger partial charge in [0.1, 0.15) is 0 Å². The summed E-state index contributed by atoms with van der Waals surface area (Å²) in [5, 5.41) is -5.05. The lowest BCUT2D eigenvalue weighted by atomic mass is 9.90. The summed E-state index contributed by atoms with van der Waals surface area (Å²) in [5.41, 5.74) is 0.547. The molecule has 0 bridgehead atoms. The fourth-order valence-electron chi connectivity index (χ4n) is 2.95. The standard InChI is InChI=1S/C18H23F2NO6S2/c1-3-14-9-11-16(12-10-14)28(23,24)21(2)29(25,26)18(19,20)17(22)27-13-15-7-5-4-6-8-15/h3,9-12,15H,1,4-8,13H2,2H3. The molecule has 11 heteroatoms. The van der Waals surface area contributed by atoms with Crippen LogP contribution in [-0.4, -0.2) is 45.4 Å². The molecule has 1 aliphatic rings. The highest BCUT2D eigenvalue weighted by Crippen LogP contribution is 2.31. The van der Waals surface area contributed by atoms with E-state index in [1.165, 1.54) is 18.2 Å². The van der Waals surface area contributed by atoms with Crippen LogP contribution in [0.2, 0.25) is 0 Å². The average Bonchev–Trinajstić information content (AvgIpc) is 2.71. The van der Waals surface area contributed by atoms with E-state index in [4.69, 9.17) is 0 Å². The van der Waals surface area contributed by atoms with E-state index in [1.54, 1.807) is 0 Å². The van der Waals surface area contributed by atoms with Gasteiger partial charge >= 0.3 is 21.2 Å². The van der Waals surface area contributed by atoms with Gasteiger partial charge in [-0.25, -0.2) is 21.6 Å². The first-order valence-corrected chi connectivity index (χ1v) is 11.8. The zero-order valence-electron chi connectivity index (χ0n) is 15.9. The van der Waals surface area contributed by atoms with Crippen LogP contribution in [0.5, 0.6) is 0 Å². The van der Waals surface area contributed by atoms with E-state index in [2.05, 4.69) is 11.3 Å². The Morgan fingerprint density at radius 3 is 2.24 bits per heavy atom. The van der Waals surface area contributed by atoms with Gasteiger partial charge in [0.05, 0.1) is 11.5 Å². The lowest BCUT2D eigenvalue weighted by Crippen LogP contribution is -2.49. The minimum absolute atomic E-state index is 0.115. The molecule has 1 aliphatic carbocycles. The van der Waals surface area contributed by atoms with Crippen molar-refractivity contribution < 1.29 is 35.1 Å². The van der Waals surface area contributed by atoms with Crippen molar-refractivity contribution in [3.05, 3.63) is 36.4 Å². The summed E-state index contributed by atoms with van der Waals surface area (Å²) in [5.74, 6) is -2.40. The monoisotopic (exact) mass is 451 g/mol. The number of alkyl halides is 2. The maximum Gasteiger partial charge on any atom is 0.455 e. The van der Waals surface area contributed by atoms with Crippen molar-refractivity contribution >= 4 is 32.1 Å². The third-order valence-electron chi connectivity index (χ3n) is 4.83. The van der Waals surface area contributed by atoms with E-state index in [-0.39, 0.29) is 12.5 Å². The SMILES string of the molecule is C=Cc1ccc(S(=O)(=O)N(C)S(=O)(=O)C(F)(F)C(=O)OCC2CCCCC2)cc1. The van der Waals surface area contributed by atoms with Crippen molar-refractivity contribution in [2.75, 3.05) is 13.7 Å². The van der Waals surface area contributed by atoms with Crippen LogP contribution in [0, 0.1) is 5.92 Å². The molecule has 0 heterocycles. The number of rotatable bonds is 8. The van der Waals surface area contributed by atoms with Gasteiger partial charge in [-0.15, -0.1) is 0 Å². The molecule has 2 rings (SSSR count). The Morgan fingerprint density at radius 1 is 1.17 bits per heavy atom. The van der Waals surface area contributed by atoms with Crippen molar-refractivity contribution in [3.8, 4) is 0 Å². The third kappa shape index (κ3) is 4.84. The van der Waals surface area contributed by atoms with Crippen molar-refractivity contribution in [2.45, 2.75) is 42.3 Å². The fraction of sp³-hybridized carbons (Fsp3) is 0.500. The fourth-order valence-corrected chi connectivity index (χ4v) is 5.89. The molecule has 0 spiro atoms. The molecule has 0 radical (unpaired) electrons. The quantitative estimate of drug-likeness (QED) is 0.564. The summed E-state index contributed by atoms with van der Waals surface area (Å²) in [7, 11) is -10.3. The Labute approximate surface area is 169 Å². The number of carbonyl (C=O) groups is 1. The van der Waals surface area contributed by atoms with Crippen molar-refractivity contribution in [3.63, 3.8) is 0 Å². The summed E-state index contributed by atoms with van der Waals surface area (Å²) in [4.78, 5) is 11.3. The van der Waals surface area contributed by atoms with Crippen LogP contribution in [0.4, 0.5) is 8.78 Å². The molecule has 0 amide bonds. The highest BCUT2D eigenvalue weighted by molar-refractivity contribution is 8.04. The summed E-state index contributed by atoms with van der Waals surface area (Å²) in [6.07, 6.45) is 5.57. The molecule has 7 nitrogen and oxygen atoms in total. The van der Waals surface area contributed by atoms with Crippen LogP contribution in [-0.2, 0) is 29.6 Å². The van der Waals surface area contributed by atoms with Crippen LogP contribution in [0.3, 0.4) is 0 Å². The van der Waals surface area contributed by atoms with Gasteiger partial charge in [0.25, 0.3) is 10.0 Å². The first kappa shape index (κ1) is 23.4. The van der Waals surface area contributed by atoms with Gasteiger partial charge in [0, 0.05) is 7.05 Å². The van der Waals surface area contributed by atoms with E-state index < -0.39 is 39.9 Å². The summed E-state index contributed by atoms with van der Waals surface area (Å²) in [6.45, 7) is 3.16. The van der Waals surface area contributed by atoms with Gasteiger partial charge in [-0.3, -0.25) is 0 Å². The molecule has 1 saturated carbocycles. The van der Waals surface area contributed by atoms with Crippen molar-refractivity contribution in [1.82, 2.24) is 3.71 Å². The predicted octanol–water partition coefficient (Wildman–Crippen LogP) is 3.00. The first-order valence-electron chi connectivity index (χ1n) is 8.96. The van der Waals surface area contributed by atoms with E-state index in [9.17, 15) is 30.4 Å². The average molecular weight is 452 g/mol. The number of carbonyl (C=O) groups excluding carboxylic acids is 1. The lowest BCUT2D eigenvalue weighted by Gasteiger charge is -2.24. The Kier molecular flexibility index (Phi) is 7.18. The van der Waals surface area contributed by atoms with E-state index in [0.29, 0.717) is 25.5 Å². The molecular weight excluding hydrogens is 428 g/mol. The number of sulfonamides is 2. The number of ether oxygens (including phenoxy) is 1. The van der Waals surface area contributed by atoms with Crippen LogP contribution < -0.4 is 0 Å². The van der Waals surface area contributed by atoms with E-state index in [1.807, 2.05) is 0 Å². The number of hydrogen-bond donors (Lipinski definition) is 0. The van der Waals surface area contributed by atoms with Crippen LogP contribution >= 0.6 is 0 Å². The topological polar surface area (TPSA) is 97.8 Å². The molecule has 0 atom stereocenters. The highest BCUT2D eigenvalue weighted by atomic mass is 32.3. The molecule has 0 aliphatic heterocycles. The maximum atomic E-state index is 14.4. The van der Waals surface area contributed by atoms with E-state index >= 15 is 0 Å². The molecule has 0 saturated heterocycles. The number of hydrogen-bond acceptors (Lipinski definition) is 6. The zero-order valence-corrected chi connectivity index (χ0v) is 17.5. The Hall–Kier alpha value is -1.85. The third-order valence-corrected chi connectivity index (χ3v) is 9.04.